The van der Waals surface area contributed by atoms with Crippen molar-refractivity contribution in [1.29, 1.82) is 0 Å². The fourth-order valence-electron chi connectivity index (χ4n) is 1.98. The molecular formula is C14H20O3. The van der Waals surface area contributed by atoms with Gasteiger partial charge < -0.3 is 14.3 Å². The molecular weight excluding hydrogens is 216 g/mol. The van der Waals surface area contributed by atoms with Crippen LogP contribution in [0.4, 0.5) is 0 Å². The highest BCUT2D eigenvalue weighted by atomic mass is 16.5. The Morgan fingerprint density at radius 2 is 1.82 bits per heavy atom. The Kier molecular flexibility index (Phi) is 4.55. The maximum Gasteiger partial charge on any atom is 0.164 e. The van der Waals surface area contributed by atoms with E-state index in [-0.39, 0.29) is 5.92 Å². The summed E-state index contributed by atoms with van der Waals surface area (Å²) >= 11 is 0. The van der Waals surface area contributed by atoms with Gasteiger partial charge in [-0.25, -0.2) is 0 Å². The molecule has 0 aliphatic heterocycles. The van der Waals surface area contributed by atoms with Crippen LogP contribution in [0.25, 0.3) is 0 Å². The second kappa shape index (κ2) is 5.71. The van der Waals surface area contributed by atoms with Crippen LogP contribution in [0.2, 0.25) is 0 Å². The zero-order valence-corrected chi connectivity index (χ0v) is 11.2. The molecule has 1 rings (SSSR count). The molecule has 3 heteroatoms. The highest BCUT2D eigenvalue weighted by molar-refractivity contribution is 5.58. The third kappa shape index (κ3) is 2.60. The minimum Gasteiger partial charge on any atom is -0.493 e. The van der Waals surface area contributed by atoms with Gasteiger partial charge in [-0.3, -0.25) is 0 Å². The largest absolute Gasteiger partial charge is 0.493 e. The molecule has 17 heavy (non-hydrogen) atoms. The van der Waals surface area contributed by atoms with Crippen molar-refractivity contribution in [2.45, 2.75) is 33.1 Å². The molecule has 1 aromatic rings. The van der Waals surface area contributed by atoms with Gasteiger partial charge in [0, 0.05) is 12.0 Å². The first-order valence-corrected chi connectivity index (χ1v) is 5.72. The monoisotopic (exact) mass is 236 g/mol. The van der Waals surface area contributed by atoms with Crippen LogP contribution in [-0.4, -0.2) is 20.5 Å². The molecule has 0 aromatic heterocycles. The topological polar surface area (TPSA) is 35.5 Å². The van der Waals surface area contributed by atoms with Crippen LogP contribution >= 0.6 is 0 Å². The molecule has 0 N–H and O–H groups in total. The summed E-state index contributed by atoms with van der Waals surface area (Å²) < 4.78 is 10.8. The summed E-state index contributed by atoms with van der Waals surface area (Å²) in [4.78, 5) is 10.6. The number of carbonyl (C=O) groups is 1. The van der Waals surface area contributed by atoms with Crippen molar-refractivity contribution in [1.82, 2.24) is 0 Å². The van der Waals surface area contributed by atoms with Crippen molar-refractivity contribution in [3.63, 3.8) is 0 Å². The van der Waals surface area contributed by atoms with Crippen molar-refractivity contribution < 1.29 is 14.3 Å². The minimum absolute atomic E-state index is 0.135. The van der Waals surface area contributed by atoms with Crippen LogP contribution in [0.15, 0.2) is 6.07 Å². The lowest BCUT2D eigenvalue weighted by Gasteiger charge is -2.20. The molecule has 0 spiro atoms. The zero-order valence-electron chi connectivity index (χ0n) is 11.2. The van der Waals surface area contributed by atoms with Crippen molar-refractivity contribution in [3.05, 3.63) is 22.8 Å². The number of benzene rings is 1. The van der Waals surface area contributed by atoms with Crippen molar-refractivity contribution in [3.8, 4) is 11.5 Å². The van der Waals surface area contributed by atoms with Crippen LogP contribution in [0.1, 0.15) is 36.0 Å². The van der Waals surface area contributed by atoms with E-state index in [0.717, 1.165) is 34.5 Å². The first-order chi connectivity index (χ1) is 8.06. The van der Waals surface area contributed by atoms with Gasteiger partial charge in [-0.1, -0.05) is 13.0 Å². The Morgan fingerprint density at radius 1 is 1.24 bits per heavy atom. The maximum absolute atomic E-state index is 10.6. The molecule has 0 radical (unpaired) electrons. The first kappa shape index (κ1) is 13.6. The number of aldehydes is 1. The fraction of sp³-hybridized carbons (Fsp3) is 0.500. The van der Waals surface area contributed by atoms with Crippen molar-refractivity contribution in [2.75, 3.05) is 14.2 Å². The summed E-state index contributed by atoms with van der Waals surface area (Å²) in [6, 6.07) is 2.07. The first-order valence-electron chi connectivity index (χ1n) is 5.72. The summed E-state index contributed by atoms with van der Waals surface area (Å²) in [7, 11) is 3.27. The van der Waals surface area contributed by atoms with Gasteiger partial charge in [-0.2, -0.15) is 0 Å². The predicted octanol–water partition coefficient (Wildman–Crippen LogP) is 3.01. The molecule has 1 atom stereocenters. The maximum atomic E-state index is 10.6. The lowest BCUT2D eigenvalue weighted by atomic mass is 9.93. The number of methoxy groups -OCH3 is 2. The van der Waals surface area contributed by atoms with E-state index in [1.807, 2.05) is 20.8 Å². The molecule has 0 aliphatic carbocycles. The number of hydrogen-bond donors (Lipinski definition) is 0. The van der Waals surface area contributed by atoms with Crippen LogP contribution in [-0.2, 0) is 4.79 Å². The zero-order chi connectivity index (χ0) is 13.0. The number of ether oxygens (including phenoxy) is 2. The van der Waals surface area contributed by atoms with Crippen LogP contribution < -0.4 is 9.47 Å². The quantitative estimate of drug-likeness (QED) is 0.737. The Hall–Kier alpha value is -1.51. The normalized spacial score (nSPS) is 12.1. The molecule has 0 saturated carbocycles. The van der Waals surface area contributed by atoms with E-state index in [1.54, 1.807) is 14.2 Å². The predicted molar refractivity (Wildman–Crippen MR) is 68.1 cm³/mol. The van der Waals surface area contributed by atoms with Gasteiger partial charge in [0.05, 0.1) is 14.2 Å². The van der Waals surface area contributed by atoms with Crippen LogP contribution in [0.3, 0.4) is 0 Å². The fourth-order valence-corrected chi connectivity index (χ4v) is 1.98. The van der Waals surface area contributed by atoms with Crippen LogP contribution in [0.5, 0.6) is 11.5 Å². The Morgan fingerprint density at radius 3 is 2.29 bits per heavy atom. The number of aryl methyl sites for hydroxylation is 1. The molecule has 0 fully saturated rings. The number of hydrogen-bond acceptors (Lipinski definition) is 3. The van der Waals surface area contributed by atoms with E-state index >= 15 is 0 Å². The van der Waals surface area contributed by atoms with Gasteiger partial charge >= 0.3 is 0 Å². The Balaban J connectivity index is 3.38. The molecule has 0 bridgehead atoms. The summed E-state index contributed by atoms with van der Waals surface area (Å²) in [5.74, 6) is 1.64. The SMILES string of the molecule is COc1c(C(C)CC=O)cc(C)c(C)c1OC. The van der Waals surface area contributed by atoms with Crippen molar-refractivity contribution >= 4 is 6.29 Å². The number of carbonyl (C=O) groups excluding carboxylic acids is 1. The Labute approximate surface area is 103 Å². The summed E-state index contributed by atoms with van der Waals surface area (Å²) in [6.45, 7) is 6.06. The third-order valence-electron chi connectivity index (χ3n) is 3.16. The van der Waals surface area contributed by atoms with Gasteiger partial charge in [-0.05, 0) is 30.9 Å². The van der Waals surface area contributed by atoms with E-state index in [2.05, 4.69) is 6.07 Å². The van der Waals surface area contributed by atoms with E-state index in [9.17, 15) is 4.79 Å². The molecule has 1 unspecified atom stereocenters. The molecule has 0 aliphatic rings. The van der Waals surface area contributed by atoms with Crippen molar-refractivity contribution in [2.24, 2.45) is 0 Å². The molecule has 0 heterocycles. The smallest absolute Gasteiger partial charge is 0.164 e. The van der Waals surface area contributed by atoms with E-state index < -0.39 is 0 Å². The average Bonchev–Trinajstić information content (AvgIpc) is 2.32. The van der Waals surface area contributed by atoms with Gasteiger partial charge in [0.25, 0.3) is 0 Å². The molecule has 1 aromatic carbocycles. The molecule has 94 valence electrons. The van der Waals surface area contributed by atoms with Gasteiger partial charge in [0.2, 0.25) is 0 Å². The summed E-state index contributed by atoms with van der Waals surface area (Å²) in [5, 5.41) is 0. The highest BCUT2D eigenvalue weighted by Crippen LogP contribution is 2.40. The minimum atomic E-state index is 0.135. The summed E-state index contributed by atoms with van der Waals surface area (Å²) in [5.41, 5.74) is 3.25. The van der Waals surface area contributed by atoms with Gasteiger partial charge in [0.15, 0.2) is 11.5 Å². The van der Waals surface area contributed by atoms with Crippen LogP contribution in [0, 0.1) is 13.8 Å². The second-order valence-corrected chi connectivity index (χ2v) is 4.28. The standard InChI is InChI=1S/C14H20O3/c1-9(6-7-15)12-8-10(2)11(3)13(16-4)14(12)17-5/h7-9H,6H2,1-5H3. The van der Waals surface area contributed by atoms with E-state index in [4.69, 9.17) is 9.47 Å². The average molecular weight is 236 g/mol. The highest BCUT2D eigenvalue weighted by Gasteiger charge is 2.19. The van der Waals surface area contributed by atoms with Gasteiger partial charge in [0.1, 0.15) is 6.29 Å². The molecule has 0 saturated heterocycles. The number of rotatable bonds is 5. The van der Waals surface area contributed by atoms with Gasteiger partial charge in [-0.15, -0.1) is 0 Å². The second-order valence-electron chi connectivity index (χ2n) is 4.28. The molecule has 0 amide bonds. The van der Waals surface area contributed by atoms with E-state index in [0.29, 0.717) is 6.42 Å². The third-order valence-corrected chi connectivity index (χ3v) is 3.16. The lowest BCUT2D eigenvalue weighted by molar-refractivity contribution is -0.108. The Bertz CT molecular complexity index is 410. The molecule has 3 nitrogen and oxygen atoms in total. The summed E-state index contributed by atoms with van der Waals surface area (Å²) in [6.07, 6.45) is 1.42. The van der Waals surface area contributed by atoms with E-state index in [1.165, 1.54) is 0 Å². The lowest BCUT2D eigenvalue weighted by Crippen LogP contribution is -2.03.